The van der Waals surface area contributed by atoms with Crippen LogP contribution in [0.3, 0.4) is 0 Å². The van der Waals surface area contributed by atoms with Crippen LogP contribution in [0.25, 0.3) is 0 Å². The highest BCUT2D eigenvalue weighted by Gasteiger charge is 2.60. The summed E-state index contributed by atoms with van der Waals surface area (Å²) in [4.78, 5) is 14.7. The SMILES string of the molecule is CCOCC(C)N1C(=O)C2(CC2)NC1c1ccc(Cl)cc1. The van der Waals surface area contributed by atoms with Gasteiger partial charge in [-0.15, -0.1) is 0 Å². The highest BCUT2D eigenvalue weighted by Crippen LogP contribution is 2.46. The molecule has 1 saturated heterocycles. The summed E-state index contributed by atoms with van der Waals surface area (Å²) < 4.78 is 5.51. The zero-order valence-corrected chi connectivity index (χ0v) is 13.2. The van der Waals surface area contributed by atoms with Crippen LogP contribution in [0.1, 0.15) is 38.4 Å². The molecule has 1 saturated carbocycles. The van der Waals surface area contributed by atoms with Crippen molar-refractivity contribution in [2.45, 2.75) is 44.4 Å². The molecule has 1 aliphatic heterocycles. The number of nitrogens with zero attached hydrogens (tertiary/aromatic N) is 1. The molecule has 1 aliphatic carbocycles. The van der Waals surface area contributed by atoms with Gasteiger partial charge in [-0.3, -0.25) is 10.1 Å². The van der Waals surface area contributed by atoms with Gasteiger partial charge >= 0.3 is 0 Å². The normalized spacial score (nSPS) is 24.6. The van der Waals surface area contributed by atoms with Crippen LogP contribution in [0.2, 0.25) is 5.02 Å². The van der Waals surface area contributed by atoms with Crippen LogP contribution < -0.4 is 5.32 Å². The molecule has 114 valence electrons. The Hall–Kier alpha value is -1.10. The minimum absolute atomic E-state index is 0.0469. The van der Waals surface area contributed by atoms with Gasteiger partial charge in [0.15, 0.2) is 0 Å². The molecular weight excluding hydrogens is 288 g/mol. The lowest BCUT2D eigenvalue weighted by molar-refractivity contribution is -0.134. The number of benzene rings is 1. The van der Waals surface area contributed by atoms with Crippen molar-refractivity contribution < 1.29 is 9.53 Å². The van der Waals surface area contributed by atoms with Crippen LogP contribution >= 0.6 is 11.6 Å². The van der Waals surface area contributed by atoms with Gasteiger partial charge in [0.1, 0.15) is 11.7 Å². The molecule has 3 rings (SSSR count). The molecule has 4 nitrogen and oxygen atoms in total. The fourth-order valence-electron chi connectivity index (χ4n) is 2.95. The molecule has 1 heterocycles. The van der Waals surface area contributed by atoms with Crippen molar-refractivity contribution >= 4 is 17.5 Å². The smallest absolute Gasteiger partial charge is 0.244 e. The van der Waals surface area contributed by atoms with Gasteiger partial charge in [0, 0.05) is 11.6 Å². The van der Waals surface area contributed by atoms with E-state index in [-0.39, 0.29) is 23.7 Å². The number of carbonyl (C=O) groups is 1. The zero-order valence-electron chi connectivity index (χ0n) is 12.4. The third-order valence-electron chi connectivity index (χ3n) is 4.31. The third kappa shape index (κ3) is 2.68. The minimum Gasteiger partial charge on any atom is -0.380 e. The standard InChI is InChI=1S/C16H21ClN2O2/c1-3-21-10-11(2)19-14(12-4-6-13(17)7-5-12)18-16(8-9-16)15(19)20/h4-7,11,14,18H,3,8-10H2,1-2H3. The van der Waals surface area contributed by atoms with Crippen molar-refractivity contribution in [3.63, 3.8) is 0 Å². The first-order chi connectivity index (χ1) is 10.1. The Labute approximate surface area is 130 Å². The molecule has 1 aromatic carbocycles. The van der Waals surface area contributed by atoms with Gasteiger partial charge < -0.3 is 9.64 Å². The van der Waals surface area contributed by atoms with Gasteiger partial charge in [-0.05, 0) is 44.4 Å². The summed E-state index contributed by atoms with van der Waals surface area (Å²) in [5, 5.41) is 4.22. The Bertz CT molecular complexity index is 528. The second-order valence-electron chi connectivity index (χ2n) is 5.90. The predicted molar refractivity (Wildman–Crippen MR) is 82.1 cm³/mol. The number of carbonyl (C=O) groups excluding carboxylic acids is 1. The molecule has 0 bridgehead atoms. The van der Waals surface area contributed by atoms with Crippen LogP contribution in [-0.2, 0) is 9.53 Å². The molecule has 0 aromatic heterocycles. The van der Waals surface area contributed by atoms with Crippen molar-refractivity contribution in [2.24, 2.45) is 0 Å². The van der Waals surface area contributed by atoms with E-state index in [9.17, 15) is 4.79 Å². The van der Waals surface area contributed by atoms with E-state index in [0.29, 0.717) is 18.2 Å². The van der Waals surface area contributed by atoms with Gasteiger partial charge in [0.25, 0.3) is 0 Å². The number of halogens is 1. The highest BCUT2D eigenvalue weighted by molar-refractivity contribution is 6.30. The first-order valence-corrected chi connectivity index (χ1v) is 7.89. The monoisotopic (exact) mass is 308 g/mol. The second-order valence-corrected chi connectivity index (χ2v) is 6.34. The maximum atomic E-state index is 12.7. The van der Waals surface area contributed by atoms with Gasteiger partial charge in [-0.2, -0.15) is 0 Å². The Kier molecular flexibility index (Phi) is 3.95. The number of hydrogen-bond acceptors (Lipinski definition) is 3. The van der Waals surface area contributed by atoms with E-state index in [2.05, 4.69) is 5.32 Å². The van der Waals surface area contributed by atoms with Crippen molar-refractivity contribution in [3.8, 4) is 0 Å². The second kappa shape index (κ2) is 5.59. The average molecular weight is 309 g/mol. The molecular formula is C16H21ClN2O2. The van der Waals surface area contributed by atoms with Crippen LogP contribution in [0.15, 0.2) is 24.3 Å². The van der Waals surface area contributed by atoms with Crippen LogP contribution in [0.4, 0.5) is 0 Å². The largest absolute Gasteiger partial charge is 0.380 e. The lowest BCUT2D eigenvalue weighted by Gasteiger charge is -2.30. The fourth-order valence-corrected chi connectivity index (χ4v) is 3.08. The van der Waals surface area contributed by atoms with Crippen LogP contribution in [0, 0.1) is 0 Å². The first-order valence-electron chi connectivity index (χ1n) is 7.51. The van der Waals surface area contributed by atoms with E-state index in [1.165, 1.54) is 0 Å². The van der Waals surface area contributed by atoms with Crippen LogP contribution in [-0.4, -0.2) is 35.6 Å². The molecule has 1 amide bonds. The van der Waals surface area contributed by atoms with Gasteiger partial charge in [-0.25, -0.2) is 0 Å². The molecule has 5 heteroatoms. The summed E-state index contributed by atoms with van der Waals surface area (Å²) in [6.07, 6.45) is 1.76. The Morgan fingerprint density at radius 2 is 2.10 bits per heavy atom. The van der Waals surface area contributed by atoms with Crippen molar-refractivity contribution in [3.05, 3.63) is 34.9 Å². The Morgan fingerprint density at radius 3 is 2.67 bits per heavy atom. The van der Waals surface area contributed by atoms with E-state index in [1.54, 1.807) is 0 Å². The first kappa shape index (κ1) is 14.8. The summed E-state index contributed by atoms with van der Waals surface area (Å²) in [6, 6.07) is 7.74. The quantitative estimate of drug-likeness (QED) is 0.909. The summed E-state index contributed by atoms with van der Waals surface area (Å²) in [5.74, 6) is 0.203. The molecule has 1 N–H and O–H groups in total. The average Bonchev–Trinajstić information content (AvgIpc) is 3.19. The summed E-state index contributed by atoms with van der Waals surface area (Å²) in [5.41, 5.74) is 0.741. The predicted octanol–water partition coefficient (Wildman–Crippen LogP) is 2.73. The summed E-state index contributed by atoms with van der Waals surface area (Å²) in [6.45, 7) is 5.23. The van der Waals surface area contributed by atoms with E-state index < -0.39 is 0 Å². The zero-order chi connectivity index (χ0) is 15.0. The molecule has 0 radical (unpaired) electrons. The van der Waals surface area contributed by atoms with Crippen LogP contribution in [0.5, 0.6) is 0 Å². The molecule has 21 heavy (non-hydrogen) atoms. The van der Waals surface area contributed by atoms with E-state index >= 15 is 0 Å². The van der Waals surface area contributed by atoms with E-state index in [1.807, 2.05) is 43.0 Å². The minimum atomic E-state index is -0.329. The van der Waals surface area contributed by atoms with Crippen molar-refractivity contribution in [1.29, 1.82) is 0 Å². The summed E-state index contributed by atoms with van der Waals surface area (Å²) >= 11 is 5.96. The number of amides is 1. The van der Waals surface area contributed by atoms with Gasteiger partial charge in [0.2, 0.25) is 5.91 Å². The topological polar surface area (TPSA) is 41.6 Å². The Morgan fingerprint density at radius 1 is 1.43 bits per heavy atom. The number of nitrogens with one attached hydrogen (secondary N) is 1. The van der Waals surface area contributed by atoms with E-state index in [4.69, 9.17) is 16.3 Å². The van der Waals surface area contributed by atoms with Crippen molar-refractivity contribution in [2.75, 3.05) is 13.2 Å². The molecule has 2 fully saturated rings. The lowest BCUT2D eigenvalue weighted by Crippen LogP contribution is -2.41. The Balaban J connectivity index is 1.85. The van der Waals surface area contributed by atoms with Crippen molar-refractivity contribution in [1.82, 2.24) is 10.2 Å². The highest BCUT2D eigenvalue weighted by atomic mass is 35.5. The number of hydrogen-bond donors (Lipinski definition) is 1. The van der Waals surface area contributed by atoms with Gasteiger partial charge in [-0.1, -0.05) is 23.7 Å². The van der Waals surface area contributed by atoms with Gasteiger partial charge in [0.05, 0.1) is 12.6 Å². The summed E-state index contributed by atoms with van der Waals surface area (Å²) in [7, 11) is 0. The molecule has 2 aliphatic rings. The lowest BCUT2D eigenvalue weighted by atomic mass is 10.1. The van der Waals surface area contributed by atoms with E-state index in [0.717, 1.165) is 18.4 Å². The maximum Gasteiger partial charge on any atom is 0.244 e. The molecule has 2 unspecified atom stereocenters. The molecule has 2 atom stereocenters. The molecule has 1 aromatic rings. The molecule has 1 spiro atoms. The third-order valence-corrected chi connectivity index (χ3v) is 4.56. The maximum absolute atomic E-state index is 12.7. The fraction of sp³-hybridized carbons (Fsp3) is 0.562. The number of rotatable bonds is 5. The number of ether oxygens (including phenoxy) is 1.